The standard InChI is InChI=1S/C15H14Cl2N4O/c16-11-2-1-9(12(17)4-11)3-13(18)15(22)21-6-10-5-19-8-20-14(10)7-21/h1-2,4-5,8,13H,3,6-7,18H2. The molecular formula is C15H14Cl2N4O. The highest BCUT2D eigenvalue weighted by atomic mass is 35.5. The number of hydrogen-bond donors (Lipinski definition) is 1. The lowest BCUT2D eigenvalue weighted by Crippen LogP contribution is -2.42. The van der Waals surface area contributed by atoms with E-state index in [1.165, 1.54) is 6.33 Å². The van der Waals surface area contributed by atoms with E-state index in [1.807, 2.05) is 0 Å². The molecule has 5 nitrogen and oxygen atoms in total. The van der Waals surface area contributed by atoms with Crippen LogP contribution in [0.5, 0.6) is 0 Å². The highest BCUT2D eigenvalue weighted by Gasteiger charge is 2.28. The Kier molecular flexibility index (Phi) is 4.29. The van der Waals surface area contributed by atoms with E-state index in [9.17, 15) is 4.79 Å². The minimum Gasteiger partial charge on any atom is -0.331 e. The smallest absolute Gasteiger partial charge is 0.240 e. The van der Waals surface area contributed by atoms with E-state index in [2.05, 4.69) is 9.97 Å². The number of hydrogen-bond acceptors (Lipinski definition) is 4. The molecule has 3 rings (SSSR count). The molecule has 2 heterocycles. The van der Waals surface area contributed by atoms with Gasteiger partial charge in [-0.25, -0.2) is 9.97 Å². The minimum atomic E-state index is -0.652. The number of nitrogens with two attached hydrogens (primary N) is 1. The van der Waals surface area contributed by atoms with E-state index in [0.29, 0.717) is 29.6 Å². The maximum absolute atomic E-state index is 12.5. The molecule has 7 heteroatoms. The van der Waals surface area contributed by atoms with Gasteiger partial charge in [0.25, 0.3) is 0 Å². The Morgan fingerprint density at radius 1 is 1.36 bits per heavy atom. The quantitative estimate of drug-likeness (QED) is 0.932. The second-order valence-electron chi connectivity index (χ2n) is 5.24. The molecule has 1 aliphatic heterocycles. The number of fused-ring (bicyclic) bond motifs is 1. The van der Waals surface area contributed by atoms with Crippen LogP contribution < -0.4 is 5.73 Å². The number of rotatable bonds is 3. The molecule has 0 spiro atoms. The molecule has 1 atom stereocenters. The number of halogens is 2. The summed E-state index contributed by atoms with van der Waals surface area (Å²) < 4.78 is 0. The van der Waals surface area contributed by atoms with E-state index < -0.39 is 6.04 Å². The van der Waals surface area contributed by atoms with Crippen LogP contribution in [0.2, 0.25) is 10.0 Å². The number of carbonyl (C=O) groups excluding carboxylic acids is 1. The fourth-order valence-electron chi connectivity index (χ4n) is 2.50. The van der Waals surface area contributed by atoms with Gasteiger partial charge in [-0.15, -0.1) is 0 Å². The summed E-state index contributed by atoms with van der Waals surface area (Å²) in [7, 11) is 0. The topological polar surface area (TPSA) is 72.1 Å². The average Bonchev–Trinajstić information content (AvgIpc) is 2.93. The molecule has 2 aromatic rings. The lowest BCUT2D eigenvalue weighted by atomic mass is 10.1. The van der Waals surface area contributed by atoms with E-state index in [0.717, 1.165) is 16.8 Å². The van der Waals surface area contributed by atoms with E-state index in [4.69, 9.17) is 28.9 Å². The Morgan fingerprint density at radius 2 is 2.18 bits per heavy atom. The second-order valence-corrected chi connectivity index (χ2v) is 6.08. The number of aromatic nitrogens is 2. The van der Waals surface area contributed by atoms with Crippen molar-refractivity contribution in [3.8, 4) is 0 Å². The molecule has 1 unspecified atom stereocenters. The van der Waals surface area contributed by atoms with Crippen LogP contribution in [0.25, 0.3) is 0 Å². The Morgan fingerprint density at radius 3 is 2.91 bits per heavy atom. The summed E-state index contributed by atoms with van der Waals surface area (Å²) in [5.74, 6) is -0.121. The molecule has 1 amide bonds. The molecule has 22 heavy (non-hydrogen) atoms. The van der Waals surface area contributed by atoms with Gasteiger partial charge >= 0.3 is 0 Å². The summed E-state index contributed by atoms with van der Waals surface area (Å²) >= 11 is 12.0. The van der Waals surface area contributed by atoms with Crippen molar-refractivity contribution in [1.82, 2.24) is 14.9 Å². The van der Waals surface area contributed by atoms with Gasteiger partial charge in [-0.05, 0) is 24.1 Å². The monoisotopic (exact) mass is 336 g/mol. The Balaban J connectivity index is 1.68. The molecule has 1 aromatic carbocycles. The molecule has 2 N–H and O–H groups in total. The van der Waals surface area contributed by atoms with Crippen LogP contribution >= 0.6 is 23.2 Å². The lowest BCUT2D eigenvalue weighted by molar-refractivity contribution is -0.133. The first-order chi connectivity index (χ1) is 10.5. The molecular weight excluding hydrogens is 323 g/mol. The van der Waals surface area contributed by atoms with Crippen molar-refractivity contribution in [3.63, 3.8) is 0 Å². The highest BCUT2D eigenvalue weighted by molar-refractivity contribution is 6.35. The van der Waals surface area contributed by atoms with Crippen LogP contribution in [0.15, 0.2) is 30.7 Å². The third-order valence-corrected chi connectivity index (χ3v) is 4.25. The Bertz CT molecular complexity index is 697. The van der Waals surface area contributed by atoms with Gasteiger partial charge in [0.05, 0.1) is 18.3 Å². The summed E-state index contributed by atoms with van der Waals surface area (Å²) in [4.78, 5) is 22.3. The van der Waals surface area contributed by atoms with Gasteiger partial charge in [-0.3, -0.25) is 4.79 Å². The van der Waals surface area contributed by atoms with Crippen molar-refractivity contribution in [2.75, 3.05) is 0 Å². The molecule has 0 radical (unpaired) electrons. The van der Waals surface area contributed by atoms with Crippen LogP contribution in [0.4, 0.5) is 0 Å². The van der Waals surface area contributed by atoms with Gasteiger partial charge in [0.15, 0.2) is 0 Å². The highest BCUT2D eigenvalue weighted by Crippen LogP contribution is 2.24. The lowest BCUT2D eigenvalue weighted by Gasteiger charge is -2.20. The molecule has 0 saturated heterocycles. The predicted molar refractivity (Wildman–Crippen MR) is 84.4 cm³/mol. The fraction of sp³-hybridized carbons (Fsp3) is 0.267. The largest absolute Gasteiger partial charge is 0.331 e. The summed E-state index contributed by atoms with van der Waals surface area (Å²) in [6.45, 7) is 0.968. The van der Waals surface area contributed by atoms with E-state index >= 15 is 0 Å². The molecule has 0 bridgehead atoms. The summed E-state index contributed by atoms with van der Waals surface area (Å²) in [5.41, 5.74) is 8.70. The summed E-state index contributed by atoms with van der Waals surface area (Å²) in [5, 5.41) is 1.08. The fourth-order valence-corrected chi connectivity index (χ4v) is 2.99. The summed E-state index contributed by atoms with van der Waals surface area (Å²) in [6, 6.07) is 4.53. The van der Waals surface area contributed by atoms with Gasteiger partial charge in [-0.2, -0.15) is 0 Å². The number of benzene rings is 1. The van der Waals surface area contributed by atoms with Gasteiger partial charge in [0.1, 0.15) is 6.33 Å². The third kappa shape index (κ3) is 3.06. The van der Waals surface area contributed by atoms with Gasteiger partial charge in [-0.1, -0.05) is 29.3 Å². The van der Waals surface area contributed by atoms with Crippen molar-refractivity contribution in [2.24, 2.45) is 5.73 Å². The molecule has 0 aliphatic carbocycles. The molecule has 0 saturated carbocycles. The SMILES string of the molecule is NC(Cc1ccc(Cl)cc1Cl)C(=O)N1Cc2cncnc2C1. The van der Waals surface area contributed by atoms with Crippen LogP contribution in [0.3, 0.4) is 0 Å². The van der Waals surface area contributed by atoms with Crippen molar-refractivity contribution >= 4 is 29.1 Å². The first kappa shape index (κ1) is 15.2. The molecule has 1 aromatic heterocycles. The van der Waals surface area contributed by atoms with Crippen LogP contribution in [-0.4, -0.2) is 26.8 Å². The van der Waals surface area contributed by atoms with Crippen LogP contribution in [0, 0.1) is 0 Å². The third-order valence-electron chi connectivity index (χ3n) is 3.67. The molecule has 0 fully saturated rings. The van der Waals surface area contributed by atoms with Crippen LogP contribution in [-0.2, 0) is 24.3 Å². The average molecular weight is 337 g/mol. The zero-order valence-corrected chi connectivity index (χ0v) is 13.2. The van der Waals surface area contributed by atoms with Gasteiger partial charge in [0, 0.05) is 28.4 Å². The summed E-state index contributed by atoms with van der Waals surface area (Å²) in [6.07, 6.45) is 3.59. The van der Waals surface area contributed by atoms with Gasteiger partial charge in [0.2, 0.25) is 5.91 Å². The van der Waals surface area contributed by atoms with Gasteiger partial charge < -0.3 is 10.6 Å². The maximum atomic E-state index is 12.5. The zero-order chi connectivity index (χ0) is 15.7. The van der Waals surface area contributed by atoms with Crippen molar-refractivity contribution in [3.05, 3.63) is 57.6 Å². The minimum absolute atomic E-state index is 0.121. The van der Waals surface area contributed by atoms with E-state index in [-0.39, 0.29) is 5.91 Å². The number of carbonyl (C=O) groups is 1. The maximum Gasteiger partial charge on any atom is 0.240 e. The predicted octanol–water partition coefficient (Wildman–Crippen LogP) is 2.20. The molecule has 114 valence electrons. The molecule has 1 aliphatic rings. The first-order valence-corrected chi connectivity index (χ1v) is 7.56. The second kappa shape index (κ2) is 6.20. The Labute approximate surface area is 138 Å². The first-order valence-electron chi connectivity index (χ1n) is 6.80. The normalized spacial score (nSPS) is 14.8. The van der Waals surface area contributed by atoms with Crippen molar-refractivity contribution in [2.45, 2.75) is 25.6 Å². The van der Waals surface area contributed by atoms with Crippen molar-refractivity contribution < 1.29 is 4.79 Å². The number of nitrogens with zero attached hydrogens (tertiary/aromatic N) is 3. The van der Waals surface area contributed by atoms with E-state index in [1.54, 1.807) is 29.3 Å². The Hall–Kier alpha value is -1.69. The number of amides is 1. The zero-order valence-electron chi connectivity index (χ0n) is 11.7. The van der Waals surface area contributed by atoms with Crippen molar-refractivity contribution in [1.29, 1.82) is 0 Å². The van der Waals surface area contributed by atoms with Crippen LogP contribution in [0.1, 0.15) is 16.8 Å².